The van der Waals surface area contributed by atoms with Crippen LogP contribution in [-0.4, -0.2) is 81.5 Å². The third kappa shape index (κ3) is 7.69. The van der Waals surface area contributed by atoms with Crippen LogP contribution in [0.3, 0.4) is 0 Å². The number of furan rings is 1. The Labute approximate surface area is 198 Å². The maximum absolute atomic E-state index is 6.16. The number of likely N-dealkylation sites (N-methyl/N-ethyl adjacent to an activating group) is 1. The van der Waals surface area contributed by atoms with Gasteiger partial charge in [-0.2, -0.15) is 0 Å². The molecule has 1 N–H and O–H groups in total. The molecule has 3 heterocycles. The molecule has 0 saturated carbocycles. The van der Waals surface area contributed by atoms with Gasteiger partial charge in [-0.15, -0.1) is 24.0 Å². The minimum absolute atomic E-state index is 0. The lowest BCUT2D eigenvalue weighted by molar-refractivity contribution is -0.0721. The fourth-order valence-corrected chi connectivity index (χ4v) is 4.00. The van der Waals surface area contributed by atoms with Crippen molar-refractivity contribution in [1.29, 1.82) is 0 Å². The number of likely N-dealkylation sites (tertiary alicyclic amines) is 1. The fraction of sp³-hybridized carbons (Fsp3) is 0.773. The summed E-state index contributed by atoms with van der Waals surface area (Å²) in [5.41, 5.74) is 0. The van der Waals surface area contributed by atoms with Gasteiger partial charge in [-0.25, -0.2) is 0 Å². The van der Waals surface area contributed by atoms with E-state index in [0.29, 0.717) is 18.8 Å². The number of piperidine rings is 1. The molecule has 2 unspecified atom stereocenters. The van der Waals surface area contributed by atoms with Crippen molar-refractivity contribution in [3.8, 4) is 0 Å². The highest BCUT2D eigenvalue weighted by Crippen LogP contribution is 2.20. The molecule has 2 saturated heterocycles. The van der Waals surface area contributed by atoms with Crippen molar-refractivity contribution in [2.75, 3.05) is 53.5 Å². The summed E-state index contributed by atoms with van der Waals surface area (Å²) in [6.45, 7) is 7.21. The molecule has 3 rings (SSSR count). The highest BCUT2D eigenvalue weighted by atomic mass is 127. The maximum atomic E-state index is 6.16. The Hall–Kier alpha value is -0.840. The molecule has 0 amide bonds. The van der Waals surface area contributed by atoms with Crippen molar-refractivity contribution >= 4 is 29.9 Å². The second-order valence-electron chi connectivity index (χ2n) is 8.20. The van der Waals surface area contributed by atoms with E-state index in [4.69, 9.17) is 18.9 Å². The van der Waals surface area contributed by atoms with Gasteiger partial charge in [0.15, 0.2) is 5.96 Å². The van der Waals surface area contributed by atoms with Gasteiger partial charge in [0.25, 0.3) is 0 Å². The van der Waals surface area contributed by atoms with Crippen molar-refractivity contribution in [2.45, 2.75) is 57.3 Å². The van der Waals surface area contributed by atoms with Gasteiger partial charge >= 0.3 is 0 Å². The van der Waals surface area contributed by atoms with E-state index in [1.165, 1.54) is 12.8 Å². The van der Waals surface area contributed by atoms with Crippen LogP contribution in [-0.2, 0) is 9.47 Å². The van der Waals surface area contributed by atoms with Crippen LogP contribution in [0.1, 0.15) is 50.8 Å². The Morgan fingerprint density at radius 3 is 2.70 bits per heavy atom. The summed E-state index contributed by atoms with van der Waals surface area (Å²) in [5.74, 6) is 1.94. The lowest BCUT2D eigenvalue weighted by Crippen LogP contribution is -2.47. The van der Waals surface area contributed by atoms with Gasteiger partial charge in [-0.1, -0.05) is 0 Å². The van der Waals surface area contributed by atoms with Crippen LogP contribution in [0.4, 0.5) is 0 Å². The molecule has 7 nitrogen and oxygen atoms in total. The molecule has 2 aliphatic rings. The lowest BCUT2D eigenvalue weighted by atomic mass is 10.1. The van der Waals surface area contributed by atoms with Crippen LogP contribution in [0.25, 0.3) is 0 Å². The normalized spacial score (nSPS) is 22.1. The zero-order valence-electron chi connectivity index (χ0n) is 18.7. The predicted octanol–water partition coefficient (Wildman–Crippen LogP) is 3.52. The Bertz CT molecular complexity index is 598. The SMILES string of the molecule is CCNC(=NCC(c1ccco1)N(C)C)N1CCC(OCC2CCCCO2)CC1.I. The van der Waals surface area contributed by atoms with Crippen molar-refractivity contribution in [2.24, 2.45) is 4.99 Å². The number of aliphatic imine (C=N–C) groups is 1. The molecule has 1 aromatic heterocycles. The van der Waals surface area contributed by atoms with E-state index in [1.54, 1.807) is 6.26 Å². The number of rotatable bonds is 8. The van der Waals surface area contributed by atoms with Crippen molar-refractivity contribution in [3.63, 3.8) is 0 Å². The van der Waals surface area contributed by atoms with Gasteiger partial charge in [-0.3, -0.25) is 9.89 Å². The van der Waals surface area contributed by atoms with Crippen molar-refractivity contribution < 1.29 is 13.9 Å². The molecule has 8 heteroatoms. The summed E-state index contributed by atoms with van der Waals surface area (Å²) in [4.78, 5) is 9.44. The van der Waals surface area contributed by atoms with Crippen molar-refractivity contribution in [3.05, 3.63) is 24.2 Å². The zero-order chi connectivity index (χ0) is 20.5. The minimum Gasteiger partial charge on any atom is -0.468 e. The van der Waals surface area contributed by atoms with E-state index >= 15 is 0 Å². The average molecular weight is 534 g/mol. The maximum Gasteiger partial charge on any atom is 0.193 e. The summed E-state index contributed by atoms with van der Waals surface area (Å²) in [6.07, 6.45) is 8.01. The second-order valence-corrected chi connectivity index (χ2v) is 8.20. The second kappa shape index (κ2) is 13.5. The topological polar surface area (TPSA) is 62.5 Å². The van der Waals surface area contributed by atoms with E-state index in [9.17, 15) is 0 Å². The van der Waals surface area contributed by atoms with Crippen LogP contribution in [0.15, 0.2) is 27.8 Å². The Kier molecular flexibility index (Phi) is 11.5. The van der Waals surface area contributed by atoms with Crippen LogP contribution in [0.5, 0.6) is 0 Å². The molecule has 172 valence electrons. The molecule has 0 bridgehead atoms. The van der Waals surface area contributed by atoms with Crippen LogP contribution < -0.4 is 5.32 Å². The number of halogens is 1. The van der Waals surface area contributed by atoms with Gasteiger partial charge in [0.1, 0.15) is 5.76 Å². The van der Waals surface area contributed by atoms with Crippen LogP contribution in [0.2, 0.25) is 0 Å². The largest absolute Gasteiger partial charge is 0.468 e. The number of hydrogen-bond donors (Lipinski definition) is 1. The molecule has 0 aromatic carbocycles. The van der Waals surface area contributed by atoms with E-state index in [-0.39, 0.29) is 30.0 Å². The lowest BCUT2D eigenvalue weighted by Gasteiger charge is -2.35. The van der Waals surface area contributed by atoms with E-state index in [0.717, 1.165) is 63.8 Å². The van der Waals surface area contributed by atoms with Crippen molar-refractivity contribution in [1.82, 2.24) is 15.1 Å². The Morgan fingerprint density at radius 2 is 2.10 bits per heavy atom. The summed E-state index contributed by atoms with van der Waals surface area (Å²) < 4.78 is 17.6. The molecule has 0 aliphatic carbocycles. The van der Waals surface area contributed by atoms with Crippen LogP contribution in [0, 0.1) is 0 Å². The molecule has 0 radical (unpaired) electrons. The fourth-order valence-electron chi connectivity index (χ4n) is 4.00. The first-order chi connectivity index (χ1) is 14.2. The number of ether oxygens (including phenoxy) is 2. The monoisotopic (exact) mass is 534 g/mol. The Balaban J connectivity index is 0.00000320. The number of nitrogens with zero attached hydrogens (tertiary/aromatic N) is 3. The average Bonchev–Trinajstić information content (AvgIpc) is 3.27. The highest BCUT2D eigenvalue weighted by molar-refractivity contribution is 14.0. The standard InChI is InChI=1S/C22H38N4O3.HI/c1-4-23-22(24-16-20(25(2)3)21-9-7-15-28-21)26-12-10-18(11-13-26)29-17-19-8-5-6-14-27-19;/h7,9,15,18-20H,4-6,8,10-14,16-17H2,1-3H3,(H,23,24);1H. The summed E-state index contributed by atoms with van der Waals surface area (Å²) >= 11 is 0. The summed E-state index contributed by atoms with van der Waals surface area (Å²) in [7, 11) is 4.13. The molecule has 2 aliphatic heterocycles. The molecule has 1 aromatic rings. The molecule has 2 atom stereocenters. The first-order valence-electron chi connectivity index (χ1n) is 11.1. The van der Waals surface area contributed by atoms with Gasteiger partial charge in [0.05, 0.1) is 37.7 Å². The third-order valence-corrected chi connectivity index (χ3v) is 5.78. The molecular weight excluding hydrogens is 495 g/mol. The quantitative estimate of drug-likeness (QED) is 0.313. The van der Waals surface area contributed by atoms with E-state index in [1.807, 2.05) is 12.1 Å². The molecule has 2 fully saturated rings. The minimum atomic E-state index is 0. The molecule has 0 spiro atoms. The number of nitrogens with one attached hydrogen (secondary N) is 1. The number of hydrogen-bond acceptors (Lipinski definition) is 5. The smallest absolute Gasteiger partial charge is 0.193 e. The molecular formula is C22H39IN4O3. The number of guanidine groups is 1. The van der Waals surface area contributed by atoms with Gasteiger partial charge in [0.2, 0.25) is 0 Å². The van der Waals surface area contributed by atoms with E-state index in [2.05, 4.69) is 36.1 Å². The van der Waals surface area contributed by atoms with Gasteiger partial charge in [0, 0.05) is 26.2 Å². The van der Waals surface area contributed by atoms with Gasteiger partial charge < -0.3 is 24.1 Å². The predicted molar refractivity (Wildman–Crippen MR) is 131 cm³/mol. The third-order valence-electron chi connectivity index (χ3n) is 5.78. The Morgan fingerprint density at radius 1 is 1.30 bits per heavy atom. The summed E-state index contributed by atoms with van der Waals surface area (Å²) in [6, 6.07) is 4.09. The first-order valence-corrected chi connectivity index (χ1v) is 11.1. The summed E-state index contributed by atoms with van der Waals surface area (Å²) in [5, 5.41) is 3.46. The molecule has 30 heavy (non-hydrogen) atoms. The van der Waals surface area contributed by atoms with Crippen LogP contribution >= 0.6 is 24.0 Å². The highest BCUT2D eigenvalue weighted by Gasteiger charge is 2.24. The zero-order valence-corrected chi connectivity index (χ0v) is 21.0. The first kappa shape index (κ1) is 25.4. The van der Waals surface area contributed by atoms with E-state index < -0.39 is 0 Å². The van der Waals surface area contributed by atoms with Gasteiger partial charge in [-0.05, 0) is 65.3 Å².